The molecule has 0 aliphatic rings. The standard InChI is InChI=1S/C10H12O5/c1-15-9(13)10(14,8(11)12)7-5-3-2-4-6-7/h2-6,9,13-14H,1H3,(H,11,12). The molecular formula is C10H12O5. The predicted molar refractivity (Wildman–Crippen MR) is 51.0 cm³/mol. The van der Waals surface area contributed by atoms with Crippen molar-refractivity contribution < 1.29 is 24.9 Å². The number of carboxylic acids is 1. The third kappa shape index (κ3) is 1.99. The molecule has 1 aromatic rings. The van der Waals surface area contributed by atoms with Crippen LogP contribution in [-0.4, -0.2) is 34.7 Å². The van der Waals surface area contributed by atoms with Crippen molar-refractivity contribution in [3.05, 3.63) is 35.9 Å². The van der Waals surface area contributed by atoms with E-state index in [1.807, 2.05) is 0 Å². The third-order valence-electron chi connectivity index (χ3n) is 2.12. The van der Waals surface area contributed by atoms with Gasteiger partial charge in [0.05, 0.1) is 0 Å². The lowest BCUT2D eigenvalue weighted by Gasteiger charge is -2.27. The zero-order valence-corrected chi connectivity index (χ0v) is 8.12. The van der Waals surface area contributed by atoms with Gasteiger partial charge in [0.2, 0.25) is 5.60 Å². The molecule has 3 N–H and O–H groups in total. The van der Waals surface area contributed by atoms with Gasteiger partial charge in [-0.3, -0.25) is 0 Å². The van der Waals surface area contributed by atoms with Crippen molar-refractivity contribution in [2.45, 2.75) is 11.9 Å². The summed E-state index contributed by atoms with van der Waals surface area (Å²) in [5.41, 5.74) is -2.39. The Bertz CT molecular complexity index is 337. The van der Waals surface area contributed by atoms with E-state index in [-0.39, 0.29) is 5.56 Å². The van der Waals surface area contributed by atoms with E-state index in [0.717, 1.165) is 7.11 Å². The van der Waals surface area contributed by atoms with Gasteiger partial charge in [0.15, 0.2) is 6.29 Å². The number of carboxylic acid groups (broad SMARTS) is 1. The second kappa shape index (κ2) is 4.39. The van der Waals surface area contributed by atoms with Crippen LogP contribution in [0.5, 0.6) is 0 Å². The number of aliphatic hydroxyl groups excluding tert-OH is 1. The van der Waals surface area contributed by atoms with Gasteiger partial charge in [-0.05, 0) is 0 Å². The number of benzene rings is 1. The lowest BCUT2D eigenvalue weighted by molar-refractivity contribution is -0.219. The number of hydrogen-bond acceptors (Lipinski definition) is 4. The van der Waals surface area contributed by atoms with E-state index >= 15 is 0 Å². The van der Waals surface area contributed by atoms with Crippen LogP contribution >= 0.6 is 0 Å². The molecule has 0 aliphatic heterocycles. The fourth-order valence-corrected chi connectivity index (χ4v) is 1.23. The van der Waals surface area contributed by atoms with Crippen molar-refractivity contribution in [1.29, 1.82) is 0 Å². The summed E-state index contributed by atoms with van der Waals surface area (Å²) >= 11 is 0. The average Bonchev–Trinajstić information content (AvgIpc) is 2.27. The second-order valence-electron chi connectivity index (χ2n) is 3.03. The molecule has 5 heteroatoms. The monoisotopic (exact) mass is 212 g/mol. The summed E-state index contributed by atoms with van der Waals surface area (Å²) in [6.07, 6.45) is -1.82. The molecule has 0 saturated carbocycles. The molecule has 15 heavy (non-hydrogen) atoms. The van der Waals surface area contributed by atoms with Crippen molar-refractivity contribution in [3.8, 4) is 0 Å². The highest BCUT2D eigenvalue weighted by Gasteiger charge is 2.46. The molecule has 2 atom stereocenters. The summed E-state index contributed by atoms with van der Waals surface area (Å²) in [6.45, 7) is 0. The van der Waals surface area contributed by atoms with Gasteiger partial charge >= 0.3 is 5.97 Å². The lowest BCUT2D eigenvalue weighted by Crippen LogP contribution is -2.47. The highest BCUT2D eigenvalue weighted by Crippen LogP contribution is 2.25. The molecule has 2 unspecified atom stereocenters. The number of rotatable bonds is 4. The Balaban J connectivity index is 3.19. The van der Waals surface area contributed by atoms with Gasteiger partial charge in [0, 0.05) is 12.7 Å². The zero-order valence-electron chi connectivity index (χ0n) is 8.12. The molecule has 0 spiro atoms. The second-order valence-corrected chi connectivity index (χ2v) is 3.03. The van der Waals surface area contributed by atoms with Crippen molar-refractivity contribution in [2.24, 2.45) is 0 Å². The quantitative estimate of drug-likeness (QED) is 0.608. The first kappa shape index (κ1) is 11.6. The molecule has 0 fully saturated rings. The van der Waals surface area contributed by atoms with Gasteiger partial charge in [-0.2, -0.15) is 0 Å². The zero-order chi connectivity index (χ0) is 11.5. The first-order valence-corrected chi connectivity index (χ1v) is 4.25. The Kier molecular flexibility index (Phi) is 3.41. The molecule has 0 aromatic heterocycles. The van der Waals surface area contributed by atoms with Gasteiger partial charge in [0.25, 0.3) is 0 Å². The van der Waals surface area contributed by atoms with E-state index in [4.69, 9.17) is 5.11 Å². The summed E-state index contributed by atoms with van der Waals surface area (Å²) in [7, 11) is 1.11. The lowest BCUT2D eigenvalue weighted by atomic mass is 9.93. The van der Waals surface area contributed by atoms with Crippen molar-refractivity contribution in [2.75, 3.05) is 7.11 Å². The Morgan fingerprint density at radius 1 is 1.40 bits per heavy atom. The van der Waals surface area contributed by atoms with Gasteiger partial charge in [-0.1, -0.05) is 30.3 Å². The number of methoxy groups -OCH3 is 1. The fraction of sp³-hybridized carbons (Fsp3) is 0.300. The number of aliphatic hydroxyl groups is 2. The minimum atomic E-state index is -2.45. The van der Waals surface area contributed by atoms with Crippen LogP contribution in [0.25, 0.3) is 0 Å². The maximum Gasteiger partial charge on any atom is 0.345 e. The van der Waals surface area contributed by atoms with E-state index in [0.29, 0.717) is 0 Å². The Morgan fingerprint density at radius 3 is 2.33 bits per heavy atom. The van der Waals surface area contributed by atoms with E-state index in [1.54, 1.807) is 18.2 Å². The van der Waals surface area contributed by atoms with Gasteiger partial charge in [-0.25, -0.2) is 4.79 Å². The molecule has 0 heterocycles. The first-order chi connectivity index (χ1) is 7.03. The van der Waals surface area contributed by atoms with Crippen LogP contribution in [0.2, 0.25) is 0 Å². The summed E-state index contributed by atoms with van der Waals surface area (Å²) in [5.74, 6) is -1.57. The number of carbonyl (C=O) groups is 1. The van der Waals surface area contributed by atoms with Crippen molar-refractivity contribution in [3.63, 3.8) is 0 Å². The number of aliphatic carboxylic acids is 1. The minimum absolute atomic E-state index is 0.0619. The minimum Gasteiger partial charge on any atom is -0.479 e. The molecule has 0 radical (unpaired) electrons. The Morgan fingerprint density at radius 2 is 1.93 bits per heavy atom. The van der Waals surface area contributed by atoms with Crippen LogP contribution in [0, 0.1) is 0 Å². The van der Waals surface area contributed by atoms with E-state index in [2.05, 4.69) is 4.74 Å². The molecule has 0 bridgehead atoms. The maximum atomic E-state index is 10.9. The number of ether oxygens (including phenoxy) is 1. The SMILES string of the molecule is COC(O)C(O)(C(=O)O)c1ccccc1. The summed E-state index contributed by atoms with van der Waals surface area (Å²) in [6, 6.07) is 7.59. The van der Waals surface area contributed by atoms with Crippen LogP contribution in [0.15, 0.2) is 30.3 Å². The largest absolute Gasteiger partial charge is 0.479 e. The smallest absolute Gasteiger partial charge is 0.345 e. The van der Waals surface area contributed by atoms with E-state index in [1.165, 1.54) is 12.1 Å². The van der Waals surface area contributed by atoms with Crippen LogP contribution in [0.3, 0.4) is 0 Å². The third-order valence-corrected chi connectivity index (χ3v) is 2.12. The molecule has 1 aromatic carbocycles. The normalized spacial score (nSPS) is 16.7. The van der Waals surface area contributed by atoms with Crippen molar-refractivity contribution in [1.82, 2.24) is 0 Å². The Hall–Kier alpha value is -1.43. The number of hydrogen-bond donors (Lipinski definition) is 3. The summed E-state index contributed by atoms with van der Waals surface area (Å²) in [4.78, 5) is 10.9. The predicted octanol–water partition coefficient (Wildman–Crippen LogP) is -0.0764. The van der Waals surface area contributed by atoms with Gasteiger partial charge in [0.1, 0.15) is 0 Å². The van der Waals surface area contributed by atoms with E-state index in [9.17, 15) is 15.0 Å². The van der Waals surface area contributed by atoms with Crippen LogP contribution in [-0.2, 0) is 15.1 Å². The molecule has 5 nitrogen and oxygen atoms in total. The Labute approximate surface area is 86.5 Å². The highest BCUT2D eigenvalue weighted by atomic mass is 16.6. The van der Waals surface area contributed by atoms with Gasteiger partial charge < -0.3 is 20.1 Å². The van der Waals surface area contributed by atoms with E-state index < -0.39 is 17.9 Å². The molecule has 0 saturated heterocycles. The summed E-state index contributed by atoms with van der Waals surface area (Å²) < 4.78 is 4.46. The van der Waals surface area contributed by atoms with Gasteiger partial charge in [-0.15, -0.1) is 0 Å². The fourth-order valence-electron chi connectivity index (χ4n) is 1.23. The molecule has 1 rings (SSSR count). The average molecular weight is 212 g/mol. The van der Waals surface area contributed by atoms with Crippen LogP contribution in [0.1, 0.15) is 5.56 Å². The molecule has 82 valence electrons. The molecular weight excluding hydrogens is 200 g/mol. The molecule has 0 amide bonds. The first-order valence-electron chi connectivity index (χ1n) is 4.25. The maximum absolute atomic E-state index is 10.9. The topological polar surface area (TPSA) is 87.0 Å². The van der Waals surface area contributed by atoms with Crippen LogP contribution in [0.4, 0.5) is 0 Å². The van der Waals surface area contributed by atoms with Crippen molar-refractivity contribution >= 4 is 5.97 Å². The van der Waals surface area contributed by atoms with Crippen LogP contribution < -0.4 is 0 Å². The highest BCUT2D eigenvalue weighted by molar-refractivity contribution is 5.79. The molecule has 0 aliphatic carbocycles. The summed E-state index contributed by atoms with van der Waals surface area (Å²) in [5, 5.41) is 28.1.